The fourth-order valence-corrected chi connectivity index (χ4v) is 4.86. The van der Waals surface area contributed by atoms with Crippen LogP contribution >= 0.6 is 0 Å². The summed E-state index contributed by atoms with van der Waals surface area (Å²) in [5, 5.41) is 12.4. The van der Waals surface area contributed by atoms with E-state index in [0.29, 0.717) is 17.6 Å². The quantitative estimate of drug-likeness (QED) is 0.859. The molecule has 0 spiro atoms. The van der Waals surface area contributed by atoms with Crippen molar-refractivity contribution in [3.8, 4) is 6.07 Å². The number of nitrogens with one attached hydrogen (secondary N) is 1. The van der Waals surface area contributed by atoms with Crippen LogP contribution in [0, 0.1) is 35.0 Å². The van der Waals surface area contributed by atoms with Crippen LogP contribution in [-0.2, 0) is 0 Å². The summed E-state index contributed by atoms with van der Waals surface area (Å²) >= 11 is 0. The highest BCUT2D eigenvalue weighted by atomic mass is 15.1. The van der Waals surface area contributed by atoms with E-state index in [1.54, 1.807) is 0 Å². The molecule has 1 aromatic heterocycles. The van der Waals surface area contributed by atoms with Gasteiger partial charge in [0.2, 0.25) is 5.95 Å². The van der Waals surface area contributed by atoms with E-state index in [9.17, 15) is 0 Å². The molecule has 4 aliphatic rings. The molecule has 0 unspecified atom stereocenters. The number of hydrogen-bond acceptors (Lipinski definition) is 5. The van der Waals surface area contributed by atoms with Crippen LogP contribution in [0.5, 0.6) is 0 Å². The minimum atomic E-state index is 0.272. The zero-order valence-electron chi connectivity index (χ0n) is 11.4. The maximum Gasteiger partial charge on any atom is 0.224 e. The zero-order chi connectivity index (χ0) is 13.7. The van der Waals surface area contributed by atoms with Crippen LogP contribution in [0.1, 0.15) is 37.7 Å². The first-order valence-corrected chi connectivity index (χ1v) is 7.52. The number of nitrogen functional groups attached to an aromatic ring is 1. The molecule has 1 aromatic rings. The molecule has 104 valence electrons. The monoisotopic (exact) mass is 269 g/mol. The molecule has 5 heteroatoms. The number of nitriles is 1. The molecule has 0 aromatic carbocycles. The predicted octanol–water partition coefficient (Wildman–Crippen LogP) is 2.17. The molecule has 20 heavy (non-hydrogen) atoms. The lowest BCUT2D eigenvalue weighted by Crippen LogP contribution is -2.51. The third-order valence-electron chi connectivity index (χ3n) is 5.46. The molecule has 0 atom stereocenters. The summed E-state index contributed by atoms with van der Waals surface area (Å²) in [6.45, 7) is 0. The number of nitrogens with two attached hydrogens (primary N) is 1. The Labute approximate surface area is 118 Å². The Hall–Kier alpha value is -1.83. The highest BCUT2D eigenvalue weighted by Crippen LogP contribution is 2.54. The lowest BCUT2D eigenvalue weighted by molar-refractivity contribution is 0.00729. The van der Waals surface area contributed by atoms with Crippen molar-refractivity contribution in [2.75, 3.05) is 11.1 Å². The zero-order valence-corrected chi connectivity index (χ0v) is 11.4. The summed E-state index contributed by atoms with van der Waals surface area (Å²) in [7, 11) is 0. The lowest BCUT2D eigenvalue weighted by Gasteiger charge is -2.54. The number of hydrogen-bond donors (Lipinski definition) is 2. The Kier molecular flexibility index (Phi) is 2.59. The van der Waals surface area contributed by atoms with Crippen molar-refractivity contribution in [2.24, 2.45) is 23.7 Å². The van der Waals surface area contributed by atoms with Gasteiger partial charge in [0.15, 0.2) is 0 Å². The van der Waals surface area contributed by atoms with Crippen molar-refractivity contribution >= 4 is 11.8 Å². The van der Waals surface area contributed by atoms with Gasteiger partial charge in [0.05, 0.1) is 6.20 Å². The molecule has 5 nitrogen and oxygen atoms in total. The Morgan fingerprint density at radius 3 is 2.35 bits per heavy atom. The predicted molar refractivity (Wildman–Crippen MR) is 75.6 cm³/mol. The molecule has 5 rings (SSSR count). The summed E-state index contributed by atoms with van der Waals surface area (Å²) in [6, 6.07) is 2.50. The summed E-state index contributed by atoms with van der Waals surface area (Å²) < 4.78 is 0. The largest absolute Gasteiger partial charge is 0.382 e. The van der Waals surface area contributed by atoms with Crippen molar-refractivity contribution in [1.29, 1.82) is 5.26 Å². The summed E-state index contributed by atoms with van der Waals surface area (Å²) in [5.74, 6) is 4.32. The van der Waals surface area contributed by atoms with Crippen LogP contribution in [0.15, 0.2) is 6.20 Å². The van der Waals surface area contributed by atoms with E-state index in [0.717, 1.165) is 23.7 Å². The summed E-state index contributed by atoms with van der Waals surface area (Å²) in [6.07, 6.45) is 8.40. The van der Waals surface area contributed by atoms with Gasteiger partial charge in [-0.05, 0) is 55.8 Å². The van der Waals surface area contributed by atoms with Gasteiger partial charge in [0, 0.05) is 6.04 Å². The maximum absolute atomic E-state index is 8.87. The van der Waals surface area contributed by atoms with Crippen LogP contribution in [0.4, 0.5) is 11.8 Å². The van der Waals surface area contributed by atoms with E-state index in [-0.39, 0.29) is 5.82 Å². The SMILES string of the molecule is N#Cc1cnc(NC2C3CC4CC(C3)CC2C4)nc1N. The van der Waals surface area contributed by atoms with Crippen LogP contribution in [0.3, 0.4) is 0 Å². The minimum Gasteiger partial charge on any atom is -0.382 e. The van der Waals surface area contributed by atoms with E-state index in [4.69, 9.17) is 11.0 Å². The molecule has 4 bridgehead atoms. The average Bonchev–Trinajstić information content (AvgIpc) is 2.42. The molecule has 0 amide bonds. The number of anilines is 2. The third-order valence-corrected chi connectivity index (χ3v) is 5.46. The molecule has 0 radical (unpaired) electrons. The third kappa shape index (κ3) is 1.82. The standard InChI is InChI=1S/C15H19N5/c16-6-12-7-18-15(20-14(12)17)19-13-10-2-8-1-9(4-10)5-11(13)3-8/h7-11,13H,1-5H2,(H3,17,18,19,20). The van der Waals surface area contributed by atoms with Crippen molar-refractivity contribution in [2.45, 2.75) is 38.1 Å². The molecule has 1 heterocycles. The average molecular weight is 269 g/mol. The first kappa shape index (κ1) is 12.0. The fourth-order valence-electron chi connectivity index (χ4n) is 4.86. The Balaban J connectivity index is 1.55. The van der Waals surface area contributed by atoms with Gasteiger partial charge in [-0.15, -0.1) is 0 Å². The van der Waals surface area contributed by atoms with E-state index in [1.807, 2.05) is 6.07 Å². The molecule has 0 saturated heterocycles. The van der Waals surface area contributed by atoms with Gasteiger partial charge >= 0.3 is 0 Å². The van der Waals surface area contributed by atoms with Gasteiger partial charge in [-0.1, -0.05) is 0 Å². The van der Waals surface area contributed by atoms with E-state index in [1.165, 1.54) is 38.3 Å². The second-order valence-electron chi connectivity index (χ2n) is 6.71. The first-order chi connectivity index (χ1) is 9.72. The van der Waals surface area contributed by atoms with Crippen LogP contribution in [-0.4, -0.2) is 16.0 Å². The topological polar surface area (TPSA) is 87.6 Å². The molecular weight excluding hydrogens is 250 g/mol. The summed E-state index contributed by atoms with van der Waals surface area (Å²) in [4.78, 5) is 8.47. The van der Waals surface area contributed by atoms with E-state index in [2.05, 4.69) is 15.3 Å². The molecule has 3 N–H and O–H groups in total. The van der Waals surface area contributed by atoms with Crippen molar-refractivity contribution in [3.63, 3.8) is 0 Å². The summed E-state index contributed by atoms with van der Waals surface area (Å²) in [5.41, 5.74) is 6.12. The maximum atomic E-state index is 8.87. The molecular formula is C15H19N5. The van der Waals surface area contributed by atoms with E-state index < -0.39 is 0 Å². The first-order valence-electron chi connectivity index (χ1n) is 7.52. The number of rotatable bonds is 2. The van der Waals surface area contributed by atoms with Crippen LogP contribution in [0.2, 0.25) is 0 Å². The fraction of sp³-hybridized carbons (Fsp3) is 0.667. The Morgan fingerprint density at radius 2 is 1.80 bits per heavy atom. The molecule has 4 aliphatic carbocycles. The van der Waals surface area contributed by atoms with E-state index >= 15 is 0 Å². The van der Waals surface area contributed by atoms with Gasteiger partial charge < -0.3 is 11.1 Å². The second-order valence-corrected chi connectivity index (χ2v) is 6.71. The highest BCUT2D eigenvalue weighted by molar-refractivity contribution is 5.50. The van der Waals surface area contributed by atoms with Crippen molar-refractivity contribution < 1.29 is 0 Å². The van der Waals surface area contributed by atoms with Gasteiger partial charge in [-0.2, -0.15) is 10.2 Å². The number of nitrogens with zero attached hydrogens (tertiary/aromatic N) is 3. The van der Waals surface area contributed by atoms with Gasteiger partial charge in [0.1, 0.15) is 17.5 Å². The van der Waals surface area contributed by atoms with Crippen LogP contribution in [0.25, 0.3) is 0 Å². The lowest BCUT2D eigenvalue weighted by atomic mass is 9.54. The molecule has 4 fully saturated rings. The highest BCUT2D eigenvalue weighted by Gasteiger charge is 2.48. The van der Waals surface area contributed by atoms with Crippen molar-refractivity contribution in [3.05, 3.63) is 11.8 Å². The molecule has 4 saturated carbocycles. The molecule has 0 aliphatic heterocycles. The van der Waals surface area contributed by atoms with Crippen molar-refractivity contribution in [1.82, 2.24) is 9.97 Å². The second kappa shape index (κ2) is 4.34. The smallest absolute Gasteiger partial charge is 0.224 e. The minimum absolute atomic E-state index is 0.272. The van der Waals surface area contributed by atoms with Gasteiger partial charge in [0.25, 0.3) is 0 Å². The number of aromatic nitrogens is 2. The van der Waals surface area contributed by atoms with Gasteiger partial charge in [-0.25, -0.2) is 4.98 Å². The Morgan fingerprint density at radius 1 is 1.15 bits per heavy atom. The van der Waals surface area contributed by atoms with Crippen LogP contribution < -0.4 is 11.1 Å². The normalized spacial score (nSPS) is 37.6. The van der Waals surface area contributed by atoms with Gasteiger partial charge in [-0.3, -0.25) is 0 Å². The Bertz CT molecular complexity index is 548.